The number of para-hydroxylation sites is 1. The fourth-order valence-electron chi connectivity index (χ4n) is 2.54. The molecule has 0 amide bonds. The molecule has 1 aromatic carbocycles. The number of nitrogens with one attached hydrogen (secondary N) is 1. The van der Waals surface area contributed by atoms with Gasteiger partial charge in [-0.3, -0.25) is 4.98 Å². The molecule has 1 aliphatic rings. The van der Waals surface area contributed by atoms with Gasteiger partial charge in [0.1, 0.15) is 0 Å². The topological polar surface area (TPSA) is 69.4 Å². The molecule has 23 heavy (non-hydrogen) atoms. The molecule has 0 aliphatic carbocycles. The van der Waals surface area contributed by atoms with Gasteiger partial charge in [-0.15, -0.1) is 6.10 Å². The first kappa shape index (κ1) is 17.9. The van der Waals surface area contributed by atoms with E-state index < -0.39 is 6.10 Å². The summed E-state index contributed by atoms with van der Waals surface area (Å²) >= 11 is 0. The molecule has 1 aromatic heterocycles. The number of ether oxygens (including phenoxy) is 1. The van der Waals surface area contributed by atoms with Crippen LogP contribution in [-0.4, -0.2) is 34.2 Å². The van der Waals surface area contributed by atoms with Gasteiger partial charge < -0.3 is 20.5 Å². The second-order valence-corrected chi connectivity index (χ2v) is 5.36. The van der Waals surface area contributed by atoms with Crippen molar-refractivity contribution in [3.05, 3.63) is 71.8 Å². The molecule has 0 saturated heterocycles. The molecule has 5 nitrogen and oxygen atoms in total. The number of nitrogens with zero attached hydrogens (tertiary/aromatic N) is 2. The van der Waals surface area contributed by atoms with Gasteiger partial charge in [0.25, 0.3) is 0 Å². The van der Waals surface area contributed by atoms with Crippen LogP contribution < -0.4 is 4.74 Å². The average molecular weight is 361 g/mol. The third-order valence-electron chi connectivity index (χ3n) is 3.66. The second-order valence-electron chi connectivity index (χ2n) is 5.36. The van der Waals surface area contributed by atoms with E-state index in [1.165, 1.54) is 0 Å². The van der Waals surface area contributed by atoms with E-state index in [0.717, 1.165) is 23.6 Å². The van der Waals surface area contributed by atoms with E-state index in [1.54, 1.807) is 6.20 Å². The van der Waals surface area contributed by atoms with Crippen LogP contribution in [0.5, 0.6) is 5.75 Å². The first-order chi connectivity index (χ1) is 10.8. The molecule has 3 rings (SSSR count). The Morgan fingerprint density at radius 2 is 2.04 bits per heavy atom. The number of benzene rings is 1. The molecular formula is C17H19CuN3O2-2. The molecule has 0 saturated carbocycles. The summed E-state index contributed by atoms with van der Waals surface area (Å²) < 4.78 is 5.86. The average Bonchev–Trinajstić information content (AvgIpc) is 2.74. The molecule has 0 bridgehead atoms. The van der Waals surface area contributed by atoms with E-state index in [4.69, 9.17) is 10.5 Å². The SMILES string of the molecule is [Cu].[NH-]CC(O)[C-]1CN(Cc2ccccn2)Cc2ccccc2O1. The van der Waals surface area contributed by atoms with Gasteiger partial charge in [0, 0.05) is 41.9 Å². The van der Waals surface area contributed by atoms with E-state index in [-0.39, 0.29) is 23.6 Å². The Balaban J connectivity index is 0.00000192. The molecular weight excluding hydrogens is 342 g/mol. The van der Waals surface area contributed by atoms with Crippen molar-refractivity contribution in [2.75, 3.05) is 13.1 Å². The summed E-state index contributed by atoms with van der Waals surface area (Å²) in [6, 6.07) is 13.7. The van der Waals surface area contributed by atoms with Gasteiger partial charge >= 0.3 is 0 Å². The monoisotopic (exact) mass is 360 g/mol. The van der Waals surface area contributed by atoms with Crippen molar-refractivity contribution in [3.8, 4) is 5.75 Å². The summed E-state index contributed by atoms with van der Waals surface area (Å²) in [6.07, 6.45) is 1.43. The number of rotatable bonds is 4. The Bertz CT molecular complexity index is 612. The molecule has 0 spiro atoms. The molecule has 0 fully saturated rings. The van der Waals surface area contributed by atoms with Crippen molar-refractivity contribution in [2.45, 2.75) is 19.2 Å². The molecule has 6 heteroatoms. The molecule has 2 heterocycles. The summed E-state index contributed by atoms with van der Waals surface area (Å²) in [4.78, 5) is 6.53. The first-order valence-electron chi connectivity index (χ1n) is 7.32. The van der Waals surface area contributed by atoms with Crippen LogP contribution in [0, 0.1) is 6.10 Å². The zero-order valence-electron chi connectivity index (χ0n) is 12.6. The number of pyridine rings is 1. The van der Waals surface area contributed by atoms with Crippen molar-refractivity contribution in [2.24, 2.45) is 0 Å². The predicted octanol–water partition coefficient (Wildman–Crippen LogP) is 2.42. The molecule has 1 atom stereocenters. The van der Waals surface area contributed by atoms with E-state index >= 15 is 0 Å². The fraction of sp³-hybridized carbons (Fsp3) is 0.294. The standard InChI is InChI=1S/C17H19N3O2.Cu/c18-9-15(21)17-12-20(11-14-6-3-4-8-19-14)10-13-5-1-2-7-16(13)22-17;/h1-8,15,18,21H,9-12H2;/q-2;. The van der Waals surface area contributed by atoms with Crippen LogP contribution in [0.4, 0.5) is 0 Å². The molecule has 2 N–H and O–H groups in total. The van der Waals surface area contributed by atoms with E-state index in [1.807, 2.05) is 42.5 Å². The van der Waals surface area contributed by atoms with Gasteiger partial charge in [-0.1, -0.05) is 36.9 Å². The van der Waals surface area contributed by atoms with Crippen LogP contribution in [0.3, 0.4) is 0 Å². The Morgan fingerprint density at radius 3 is 2.78 bits per heavy atom. The number of fused-ring (bicyclic) bond motifs is 1. The zero-order valence-corrected chi connectivity index (χ0v) is 13.5. The Morgan fingerprint density at radius 1 is 1.26 bits per heavy atom. The van der Waals surface area contributed by atoms with Crippen LogP contribution >= 0.6 is 0 Å². The first-order valence-corrected chi connectivity index (χ1v) is 7.32. The van der Waals surface area contributed by atoms with E-state index in [0.29, 0.717) is 19.2 Å². The summed E-state index contributed by atoms with van der Waals surface area (Å²) in [6.45, 7) is 1.79. The van der Waals surface area contributed by atoms with Crippen molar-refractivity contribution >= 4 is 0 Å². The van der Waals surface area contributed by atoms with Gasteiger partial charge in [-0.2, -0.15) is 6.54 Å². The normalized spacial score (nSPS) is 16.6. The minimum absolute atomic E-state index is 0. The molecule has 1 unspecified atom stereocenters. The number of hydrogen-bond acceptors (Lipinski definition) is 4. The van der Waals surface area contributed by atoms with Crippen LogP contribution in [0.25, 0.3) is 5.73 Å². The van der Waals surface area contributed by atoms with Crippen LogP contribution in [0.1, 0.15) is 11.3 Å². The third kappa shape index (κ3) is 4.53. The number of aliphatic hydroxyl groups excluding tert-OH is 1. The summed E-state index contributed by atoms with van der Waals surface area (Å²) in [5, 5.41) is 10.0. The van der Waals surface area contributed by atoms with Crippen molar-refractivity contribution in [3.63, 3.8) is 0 Å². The van der Waals surface area contributed by atoms with Crippen LogP contribution in [-0.2, 0) is 30.2 Å². The minimum Gasteiger partial charge on any atom is -0.677 e. The maximum Gasteiger partial charge on any atom is 0.0895 e. The third-order valence-corrected chi connectivity index (χ3v) is 3.66. The Hall–Kier alpha value is -1.43. The smallest absolute Gasteiger partial charge is 0.0895 e. The maximum atomic E-state index is 10.0. The van der Waals surface area contributed by atoms with Crippen LogP contribution in [0.15, 0.2) is 48.7 Å². The largest absolute Gasteiger partial charge is 0.677 e. The number of hydrogen-bond donors (Lipinski definition) is 1. The summed E-state index contributed by atoms with van der Waals surface area (Å²) in [5.74, 6) is 0.758. The van der Waals surface area contributed by atoms with Crippen LogP contribution in [0.2, 0.25) is 0 Å². The van der Waals surface area contributed by atoms with Gasteiger partial charge in [0.2, 0.25) is 0 Å². The Labute approximate surface area is 146 Å². The van der Waals surface area contributed by atoms with E-state index in [9.17, 15) is 5.11 Å². The fourth-order valence-corrected chi connectivity index (χ4v) is 2.54. The summed E-state index contributed by atoms with van der Waals surface area (Å²) in [5.41, 5.74) is 9.45. The molecule has 2 aromatic rings. The molecule has 127 valence electrons. The minimum atomic E-state index is -0.877. The van der Waals surface area contributed by atoms with Gasteiger partial charge in [-0.25, -0.2) is 0 Å². The van der Waals surface area contributed by atoms with Gasteiger partial charge in [0.15, 0.2) is 0 Å². The van der Waals surface area contributed by atoms with E-state index in [2.05, 4.69) is 9.88 Å². The number of aromatic nitrogens is 1. The van der Waals surface area contributed by atoms with Gasteiger partial charge in [0.05, 0.1) is 11.4 Å². The van der Waals surface area contributed by atoms with Crippen molar-refractivity contribution in [1.29, 1.82) is 0 Å². The Kier molecular flexibility index (Phi) is 6.57. The predicted molar refractivity (Wildman–Crippen MR) is 83.9 cm³/mol. The zero-order chi connectivity index (χ0) is 15.4. The summed E-state index contributed by atoms with van der Waals surface area (Å²) in [7, 11) is 0. The quantitative estimate of drug-likeness (QED) is 0.671. The molecule has 1 aliphatic heterocycles. The second kappa shape index (κ2) is 8.43. The maximum absolute atomic E-state index is 10.0. The molecule has 1 radical (unpaired) electrons. The van der Waals surface area contributed by atoms with Crippen molar-refractivity contribution < 1.29 is 26.9 Å². The number of aliphatic hydroxyl groups is 1. The van der Waals surface area contributed by atoms with Gasteiger partial charge in [-0.05, 0) is 18.2 Å². The van der Waals surface area contributed by atoms with Crippen molar-refractivity contribution in [1.82, 2.24) is 9.88 Å².